The van der Waals surface area contributed by atoms with Gasteiger partial charge in [-0.2, -0.15) is 0 Å². The van der Waals surface area contributed by atoms with Crippen LogP contribution in [0.25, 0.3) is 0 Å². The van der Waals surface area contributed by atoms with Gasteiger partial charge in [-0.1, -0.05) is 12.8 Å². The van der Waals surface area contributed by atoms with Crippen LogP contribution in [0.1, 0.15) is 59.6 Å². The number of hydrogen-bond acceptors (Lipinski definition) is 4. The summed E-state index contributed by atoms with van der Waals surface area (Å²) in [5, 5.41) is 13.9. The molecule has 6 heteroatoms. The minimum absolute atomic E-state index is 0.0856. The quantitative estimate of drug-likeness (QED) is 0.838. The molecule has 0 aromatic carbocycles. The lowest BCUT2D eigenvalue weighted by atomic mass is 9.74. The number of amides is 1. The maximum Gasteiger partial charge on any atom is 0.308 e. The summed E-state index contributed by atoms with van der Waals surface area (Å²) in [5.41, 5.74) is -0.226. The van der Waals surface area contributed by atoms with Gasteiger partial charge in [0, 0.05) is 10.9 Å². The first kappa shape index (κ1) is 15.7. The highest BCUT2D eigenvalue weighted by atomic mass is 32.1. The minimum atomic E-state index is -0.867. The van der Waals surface area contributed by atoms with E-state index in [4.69, 9.17) is 0 Å². The van der Waals surface area contributed by atoms with Crippen LogP contribution in [0, 0.1) is 5.92 Å². The smallest absolute Gasteiger partial charge is 0.308 e. The number of carbonyl (C=O) groups is 3. The number of ketones is 1. The van der Waals surface area contributed by atoms with Crippen molar-refractivity contribution in [2.75, 3.05) is 0 Å². The zero-order chi connectivity index (χ0) is 15.6. The average molecular weight is 309 g/mol. The SMILES string of the molecule is CC(=O)c1csc(C(=O)NC2(C)CCCCC2C(=O)O)c1. The van der Waals surface area contributed by atoms with Gasteiger partial charge in [0.05, 0.1) is 16.3 Å². The second-order valence-corrected chi connectivity index (χ2v) is 6.68. The van der Waals surface area contributed by atoms with Gasteiger partial charge in [-0.15, -0.1) is 11.3 Å². The molecule has 21 heavy (non-hydrogen) atoms. The van der Waals surface area contributed by atoms with Crippen LogP contribution in [0.15, 0.2) is 11.4 Å². The Labute approximate surface area is 127 Å². The van der Waals surface area contributed by atoms with E-state index in [1.165, 1.54) is 18.3 Å². The number of carbonyl (C=O) groups excluding carboxylic acids is 2. The Bertz CT molecular complexity index is 580. The first-order valence-corrected chi connectivity index (χ1v) is 7.86. The zero-order valence-electron chi connectivity index (χ0n) is 12.1. The lowest BCUT2D eigenvalue weighted by Gasteiger charge is -2.39. The molecule has 1 amide bonds. The predicted molar refractivity (Wildman–Crippen MR) is 79.8 cm³/mol. The Morgan fingerprint density at radius 1 is 1.38 bits per heavy atom. The van der Waals surface area contributed by atoms with E-state index in [0.29, 0.717) is 23.3 Å². The molecular formula is C15H19NO4S. The number of rotatable bonds is 4. The van der Waals surface area contributed by atoms with Gasteiger partial charge in [0.1, 0.15) is 0 Å². The second-order valence-electron chi connectivity index (χ2n) is 5.76. The standard InChI is InChI=1S/C15H19NO4S/c1-9(17)10-7-12(21-8-10)13(18)16-15(2)6-4-3-5-11(15)14(19)20/h7-8,11H,3-6H2,1-2H3,(H,16,18)(H,19,20). The van der Waals surface area contributed by atoms with Crippen molar-refractivity contribution in [2.24, 2.45) is 5.92 Å². The monoisotopic (exact) mass is 309 g/mol. The second kappa shape index (κ2) is 5.97. The molecular weight excluding hydrogens is 290 g/mol. The van der Waals surface area contributed by atoms with Gasteiger partial charge >= 0.3 is 5.97 Å². The number of carboxylic acid groups (broad SMARTS) is 1. The van der Waals surface area contributed by atoms with Crippen LogP contribution in [0.4, 0.5) is 0 Å². The van der Waals surface area contributed by atoms with Crippen LogP contribution in [0.3, 0.4) is 0 Å². The van der Waals surface area contributed by atoms with E-state index < -0.39 is 17.4 Å². The van der Waals surface area contributed by atoms with E-state index in [-0.39, 0.29) is 11.7 Å². The van der Waals surface area contributed by atoms with Gasteiger partial charge in [0.25, 0.3) is 5.91 Å². The van der Waals surface area contributed by atoms with Crippen molar-refractivity contribution >= 4 is 29.0 Å². The Kier molecular flexibility index (Phi) is 4.46. The molecule has 1 saturated carbocycles. The summed E-state index contributed by atoms with van der Waals surface area (Å²) >= 11 is 1.20. The summed E-state index contributed by atoms with van der Waals surface area (Å²) in [4.78, 5) is 35.4. The summed E-state index contributed by atoms with van der Waals surface area (Å²) < 4.78 is 0. The van der Waals surface area contributed by atoms with Gasteiger partial charge in [-0.25, -0.2) is 0 Å². The van der Waals surface area contributed by atoms with Gasteiger partial charge in [-0.05, 0) is 32.8 Å². The van der Waals surface area contributed by atoms with Crippen molar-refractivity contribution in [3.05, 3.63) is 21.9 Å². The summed E-state index contributed by atoms with van der Waals surface area (Å²) in [6.07, 6.45) is 3.01. The Morgan fingerprint density at radius 3 is 2.67 bits per heavy atom. The molecule has 1 aromatic heterocycles. The number of carboxylic acids is 1. The van der Waals surface area contributed by atoms with Gasteiger partial charge in [0.2, 0.25) is 0 Å². The van der Waals surface area contributed by atoms with E-state index in [1.807, 2.05) is 0 Å². The molecule has 0 spiro atoms. The lowest BCUT2D eigenvalue weighted by molar-refractivity contribution is -0.145. The van der Waals surface area contributed by atoms with Gasteiger partial charge in [0.15, 0.2) is 5.78 Å². The molecule has 2 unspecified atom stereocenters. The number of Topliss-reactive ketones (excluding diaryl/α,β-unsaturated/α-hetero) is 1. The summed E-state index contributed by atoms with van der Waals surface area (Å²) in [7, 11) is 0. The molecule has 5 nitrogen and oxygen atoms in total. The highest BCUT2D eigenvalue weighted by Crippen LogP contribution is 2.34. The molecule has 0 aliphatic heterocycles. The van der Waals surface area contributed by atoms with E-state index in [9.17, 15) is 19.5 Å². The van der Waals surface area contributed by atoms with Crippen LogP contribution in [-0.2, 0) is 4.79 Å². The van der Waals surface area contributed by atoms with Crippen LogP contribution >= 0.6 is 11.3 Å². The summed E-state index contributed by atoms with van der Waals surface area (Å²) in [6, 6.07) is 1.56. The number of aliphatic carboxylic acids is 1. The molecule has 1 heterocycles. The van der Waals surface area contributed by atoms with Gasteiger partial charge < -0.3 is 10.4 Å². The molecule has 1 aliphatic rings. The third-order valence-corrected chi connectivity index (χ3v) is 5.06. The van der Waals surface area contributed by atoms with Crippen LogP contribution in [-0.4, -0.2) is 28.3 Å². The fraction of sp³-hybridized carbons (Fsp3) is 0.533. The molecule has 2 atom stereocenters. The molecule has 2 N–H and O–H groups in total. The minimum Gasteiger partial charge on any atom is -0.481 e. The highest BCUT2D eigenvalue weighted by molar-refractivity contribution is 7.12. The average Bonchev–Trinajstić information content (AvgIpc) is 2.88. The fourth-order valence-corrected chi connectivity index (χ4v) is 3.68. The van der Waals surface area contributed by atoms with Crippen molar-refractivity contribution in [1.82, 2.24) is 5.32 Å². The van der Waals surface area contributed by atoms with Gasteiger partial charge in [-0.3, -0.25) is 14.4 Å². The first-order valence-electron chi connectivity index (χ1n) is 6.98. The highest BCUT2D eigenvalue weighted by Gasteiger charge is 2.42. The number of thiophene rings is 1. The van der Waals surface area contributed by atoms with Crippen molar-refractivity contribution < 1.29 is 19.5 Å². The molecule has 1 aliphatic carbocycles. The predicted octanol–water partition coefficient (Wildman–Crippen LogP) is 2.71. The largest absolute Gasteiger partial charge is 0.481 e. The fourth-order valence-electron chi connectivity index (χ4n) is 2.84. The molecule has 0 saturated heterocycles. The first-order chi connectivity index (χ1) is 9.83. The van der Waals surface area contributed by atoms with E-state index >= 15 is 0 Å². The summed E-state index contributed by atoms with van der Waals surface area (Å²) in [6.45, 7) is 3.25. The summed E-state index contributed by atoms with van der Waals surface area (Å²) in [5.74, 6) is -1.82. The Balaban J connectivity index is 2.15. The van der Waals surface area contributed by atoms with E-state index in [0.717, 1.165) is 12.8 Å². The van der Waals surface area contributed by atoms with Crippen molar-refractivity contribution in [3.8, 4) is 0 Å². The van der Waals surface area contributed by atoms with Crippen molar-refractivity contribution in [3.63, 3.8) is 0 Å². The third-order valence-electron chi connectivity index (χ3n) is 4.13. The van der Waals surface area contributed by atoms with Crippen molar-refractivity contribution in [2.45, 2.75) is 45.1 Å². The molecule has 1 fully saturated rings. The van der Waals surface area contributed by atoms with Crippen molar-refractivity contribution in [1.29, 1.82) is 0 Å². The number of hydrogen-bond donors (Lipinski definition) is 2. The maximum absolute atomic E-state index is 12.3. The van der Waals surface area contributed by atoms with Crippen LogP contribution in [0.2, 0.25) is 0 Å². The maximum atomic E-state index is 12.3. The lowest BCUT2D eigenvalue weighted by Crippen LogP contribution is -2.55. The zero-order valence-corrected chi connectivity index (χ0v) is 13.0. The molecule has 0 bridgehead atoms. The van der Waals surface area contributed by atoms with E-state index in [2.05, 4.69) is 5.32 Å². The van der Waals surface area contributed by atoms with E-state index in [1.54, 1.807) is 18.4 Å². The number of nitrogens with one attached hydrogen (secondary N) is 1. The molecule has 0 radical (unpaired) electrons. The topological polar surface area (TPSA) is 83.5 Å². The molecule has 1 aromatic rings. The Hall–Kier alpha value is -1.69. The molecule has 2 rings (SSSR count). The normalized spacial score (nSPS) is 25.3. The Morgan fingerprint density at radius 2 is 2.10 bits per heavy atom. The van der Waals surface area contributed by atoms with Crippen LogP contribution < -0.4 is 5.32 Å². The van der Waals surface area contributed by atoms with Crippen LogP contribution in [0.5, 0.6) is 0 Å². The molecule has 114 valence electrons. The third kappa shape index (κ3) is 3.32.